The van der Waals surface area contributed by atoms with Crippen molar-refractivity contribution in [3.8, 4) is 0 Å². The van der Waals surface area contributed by atoms with E-state index >= 15 is 0 Å². The number of pyridine rings is 1. The van der Waals surface area contributed by atoms with Gasteiger partial charge in [0, 0.05) is 12.4 Å². The van der Waals surface area contributed by atoms with E-state index in [1.165, 1.54) is 0 Å². The van der Waals surface area contributed by atoms with Gasteiger partial charge in [-0.2, -0.15) is 5.10 Å². The van der Waals surface area contributed by atoms with Gasteiger partial charge in [0.15, 0.2) is 5.65 Å². The molecule has 1 amide bonds. The molecule has 2 heterocycles. The van der Waals surface area contributed by atoms with E-state index in [9.17, 15) is 4.79 Å². The summed E-state index contributed by atoms with van der Waals surface area (Å²) in [6.07, 6.45) is 3.48. The summed E-state index contributed by atoms with van der Waals surface area (Å²) in [6, 6.07) is 11.9. The summed E-state index contributed by atoms with van der Waals surface area (Å²) in [7, 11) is 1.87. The van der Waals surface area contributed by atoms with E-state index in [2.05, 4.69) is 15.4 Å². The molecule has 5 nitrogen and oxygen atoms in total. The molecule has 23 heavy (non-hydrogen) atoms. The topological polar surface area (TPSA) is 59.8 Å². The summed E-state index contributed by atoms with van der Waals surface area (Å²) in [5.41, 5.74) is 3.17. The molecule has 116 valence electrons. The van der Waals surface area contributed by atoms with Crippen molar-refractivity contribution in [2.24, 2.45) is 7.05 Å². The molecule has 1 aliphatic carbocycles. The average Bonchev–Trinajstić information content (AvgIpc) is 3.32. The second-order valence-corrected chi connectivity index (χ2v) is 6.21. The lowest BCUT2D eigenvalue weighted by atomic mass is 9.95. The van der Waals surface area contributed by atoms with Gasteiger partial charge in [0.05, 0.1) is 23.0 Å². The second-order valence-electron chi connectivity index (χ2n) is 6.21. The van der Waals surface area contributed by atoms with E-state index in [-0.39, 0.29) is 11.3 Å². The van der Waals surface area contributed by atoms with Gasteiger partial charge in [-0.1, -0.05) is 30.3 Å². The molecule has 0 radical (unpaired) electrons. The Morgan fingerprint density at radius 3 is 2.70 bits per heavy atom. The normalized spacial score (nSPS) is 15.6. The van der Waals surface area contributed by atoms with Gasteiger partial charge < -0.3 is 5.32 Å². The molecule has 0 saturated heterocycles. The molecule has 4 rings (SSSR count). The van der Waals surface area contributed by atoms with Crippen molar-refractivity contribution in [2.45, 2.75) is 25.2 Å². The van der Waals surface area contributed by atoms with Gasteiger partial charge in [-0.3, -0.25) is 9.48 Å². The van der Waals surface area contributed by atoms with Gasteiger partial charge in [-0.25, -0.2) is 4.98 Å². The van der Waals surface area contributed by atoms with E-state index < -0.39 is 0 Å². The van der Waals surface area contributed by atoms with Crippen LogP contribution in [-0.4, -0.2) is 20.7 Å². The van der Waals surface area contributed by atoms with Crippen molar-refractivity contribution in [3.05, 3.63) is 53.9 Å². The average molecular weight is 306 g/mol. The van der Waals surface area contributed by atoms with Crippen LogP contribution < -0.4 is 5.32 Å². The van der Waals surface area contributed by atoms with Crippen LogP contribution in [0, 0.1) is 6.92 Å². The maximum Gasteiger partial charge on any atom is 0.235 e. The van der Waals surface area contributed by atoms with Gasteiger partial charge in [-0.15, -0.1) is 0 Å². The number of carbonyl (C=O) groups excluding carboxylic acids is 1. The summed E-state index contributed by atoms with van der Waals surface area (Å²) in [5, 5.41) is 8.36. The Bertz CT molecular complexity index is 894. The summed E-state index contributed by atoms with van der Waals surface area (Å²) < 4.78 is 1.75. The highest BCUT2D eigenvalue weighted by Crippen LogP contribution is 2.48. The number of anilines is 1. The number of amides is 1. The third-order valence-corrected chi connectivity index (χ3v) is 4.63. The fourth-order valence-corrected chi connectivity index (χ4v) is 3.16. The summed E-state index contributed by atoms with van der Waals surface area (Å²) in [4.78, 5) is 17.2. The monoisotopic (exact) mass is 306 g/mol. The minimum absolute atomic E-state index is 0.0476. The SMILES string of the molecule is Cc1nn(C)c2ncc(NC(=O)C3(c4ccccc4)CC3)cc12. The van der Waals surface area contributed by atoms with Crippen molar-refractivity contribution in [1.29, 1.82) is 0 Å². The molecule has 0 unspecified atom stereocenters. The van der Waals surface area contributed by atoms with Crippen LogP contribution in [0.1, 0.15) is 24.1 Å². The number of carbonyl (C=O) groups is 1. The molecule has 1 aromatic carbocycles. The first-order valence-corrected chi connectivity index (χ1v) is 7.76. The van der Waals surface area contributed by atoms with Crippen molar-refractivity contribution >= 4 is 22.6 Å². The zero-order valence-electron chi connectivity index (χ0n) is 13.2. The summed E-state index contributed by atoms with van der Waals surface area (Å²) >= 11 is 0. The predicted octanol–water partition coefficient (Wildman–Crippen LogP) is 2.95. The van der Waals surface area contributed by atoms with Crippen LogP contribution in [0.25, 0.3) is 11.0 Å². The number of aryl methyl sites for hydroxylation is 2. The Balaban J connectivity index is 1.63. The Kier molecular flexibility index (Phi) is 2.98. The molecule has 0 bridgehead atoms. The molecule has 2 aromatic heterocycles. The zero-order chi connectivity index (χ0) is 16.0. The van der Waals surface area contributed by atoms with Crippen LogP contribution in [0.2, 0.25) is 0 Å². The highest BCUT2D eigenvalue weighted by Gasteiger charge is 2.51. The third kappa shape index (κ3) is 2.20. The number of nitrogens with one attached hydrogen (secondary N) is 1. The number of hydrogen-bond acceptors (Lipinski definition) is 3. The minimum Gasteiger partial charge on any atom is -0.324 e. The Morgan fingerprint density at radius 1 is 1.26 bits per heavy atom. The van der Waals surface area contributed by atoms with E-state index in [1.54, 1.807) is 10.9 Å². The van der Waals surface area contributed by atoms with E-state index in [0.717, 1.165) is 40.8 Å². The van der Waals surface area contributed by atoms with Gasteiger partial charge in [0.25, 0.3) is 0 Å². The van der Waals surface area contributed by atoms with E-state index in [0.29, 0.717) is 0 Å². The highest BCUT2D eigenvalue weighted by molar-refractivity contribution is 6.02. The number of nitrogens with zero attached hydrogens (tertiary/aromatic N) is 3. The number of benzene rings is 1. The Labute approximate surface area is 134 Å². The maximum absolute atomic E-state index is 12.8. The van der Waals surface area contributed by atoms with Crippen LogP contribution in [0.5, 0.6) is 0 Å². The fraction of sp³-hybridized carbons (Fsp3) is 0.278. The molecule has 1 saturated carbocycles. The first-order valence-electron chi connectivity index (χ1n) is 7.76. The summed E-state index contributed by atoms with van der Waals surface area (Å²) in [5.74, 6) is 0.0476. The molecule has 3 aromatic rings. The second kappa shape index (κ2) is 4.91. The highest BCUT2D eigenvalue weighted by atomic mass is 16.2. The molecule has 1 N–H and O–H groups in total. The van der Waals surface area contributed by atoms with Crippen molar-refractivity contribution in [1.82, 2.24) is 14.8 Å². The van der Waals surface area contributed by atoms with Crippen molar-refractivity contribution < 1.29 is 4.79 Å². The molecule has 1 aliphatic rings. The van der Waals surface area contributed by atoms with Gasteiger partial charge in [0.1, 0.15) is 0 Å². The number of aromatic nitrogens is 3. The number of hydrogen-bond donors (Lipinski definition) is 1. The van der Waals surface area contributed by atoms with E-state index in [4.69, 9.17) is 0 Å². The predicted molar refractivity (Wildman–Crippen MR) is 89.2 cm³/mol. The van der Waals surface area contributed by atoms with Gasteiger partial charge in [0.2, 0.25) is 5.91 Å². The molecule has 0 aliphatic heterocycles. The molecule has 5 heteroatoms. The number of rotatable bonds is 3. The summed E-state index contributed by atoms with van der Waals surface area (Å²) in [6.45, 7) is 1.95. The Hall–Kier alpha value is -2.69. The van der Waals surface area contributed by atoms with Gasteiger partial charge >= 0.3 is 0 Å². The van der Waals surface area contributed by atoms with E-state index in [1.807, 2.05) is 50.4 Å². The molecule has 0 atom stereocenters. The standard InChI is InChI=1S/C18H18N4O/c1-12-15-10-14(11-19-16(15)22(2)21-12)20-17(23)18(8-9-18)13-6-4-3-5-7-13/h3-7,10-11H,8-9H2,1-2H3,(H,20,23). The maximum atomic E-state index is 12.8. The molecular weight excluding hydrogens is 288 g/mol. The smallest absolute Gasteiger partial charge is 0.235 e. The third-order valence-electron chi connectivity index (χ3n) is 4.63. The van der Waals surface area contributed by atoms with Crippen LogP contribution in [-0.2, 0) is 17.3 Å². The van der Waals surface area contributed by atoms with Crippen LogP contribution in [0.4, 0.5) is 5.69 Å². The minimum atomic E-state index is -0.375. The first kappa shape index (κ1) is 13.9. The van der Waals surface area contributed by atoms with Crippen molar-refractivity contribution in [3.63, 3.8) is 0 Å². The van der Waals surface area contributed by atoms with Crippen LogP contribution in [0.3, 0.4) is 0 Å². The molecular formula is C18H18N4O. The lowest BCUT2D eigenvalue weighted by Crippen LogP contribution is -2.27. The largest absolute Gasteiger partial charge is 0.324 e. The van der Waals surface area contributed by atoms with Crippen LogP contribution in [0.15, 0.2) is 42.6 Å². The molecule has 1 fully saturated rings. The molecule has 0 spiro atoms. The van der Waals surface area contributed by atoms with Crippen LogP contribution >= 0.6 is 0 Å². The lowest BCUT2D eigenvalue weighted by molar-refractivity contribution is -0.118. The quantitative estimate of drug-likeness (QED) is 0.809. The first-order chi connectivity index (χ1) is 11.1. The Morgan fingerprint density at radius 2 is 2.00 bits per heavy atom. The zero-order valence-corrected chi connectivity index (χ0v) is 13.2. The lowest BCUT2D eigenvalue weighted by Gasteiger charge is -2.15. The van der Waals surface area contributed by atoms with Crippen molar-refractivity contribution in [2.75, 3.05) is 5.32 Å². The van der Waals surface area contributed by atoms with Gasteiger partial charge in [-0.05, 0) is 31.4 Å². The fourth-order valence-electron chi connectivity index (χ4n) is 3.16. The number of fused-ring (bicyclic) bond motifs is 1.